The van der Waals surface area contributed by atoms with Crippen molar-refractivity contribution in [1.29, 1.82) is 0 Å². The van der Waals surface area contributed by atoms with Crippen molar-refractivity contribution in [3.63, 3.8) is 0 Å². The van der Waals surface area contributed by atoms with E-state index in [1.165, 1.54) is 0 Å². The maximum Gasteiger partial charge on any atom is 0.471 e. The fourth-order valence-corrected chi connectivity index (χ4v) is 1.33. The van der Waals surface area contributed by atoms with Crippen LogP contribution in [-0.2, 0) is 14.3 Å². The molecule has 0 spiro atoms. The second-order valence-corrected chi connectivity index (χ2v) is 3.35. The average Bonchev–Trinajstić information content (AvgIpc) is 2.08. The zero-order chi connectivity index (χ0) is 12.3. The first-order valence-corrected chi connectivity index (χ1v) is 4.49. The fourth-order valence-electron chi connectivity index (χ4n) is 1.33. The lowest BCUT2D eigenvalue weighted by molar-refractivity contribution is -0.195. The van der Waals surface area contributed by atoms with E-state index in [1.807, 2.05) is 0 Å². The number of carboxylic acids is 1. The average molecular weight is 241 g/mol. The van der Waals surface area contributed by atoms with E-state index in [2.05, 4.69) is 4.74 Å². The lowest BCUT2D eigenvalue weighted by Crippen LogP contribution is -2.57. The Morgan fingerprint density at radius 3 is 2.44 bits per heavy atom. The summed E-state index contributed by atoms with van der Waals surface area (Å²) >= 11 is 0. The largest absolute Gasteiger partial charge is 0.480 e. The van der Waals surface area contributed by atoms with Crippen molar-refractivity contribution in [3.8, 4) is 0 Å². The van der Waals surface area contributed by atoms with E-state index < -0.39 is 30.7 Å². The monoisotopic (exact) mass is 241 g/mol. The topological polar surface area (TPSA) is 66.8 Å². The molecule has 0 bridgehead atoms. The van der Waals surface area contributed by atoms with E-state index >= 15 is 0 Å². The van der Waals surface area contributed by atoms with Crippen LogP contribution in [0, 0.1) is 0 Å². The SMILES string of the molecule is O=C(O)COCC1CCN1C(=O)C(F)(F)F. The van der Waals surface area contributed by atoms with Crippen LogP contribution in [0.1, 0.15) is 6.42 Å². The number of ether oxygens (including phenoxy) is 1. The minimum absolute atomic E-state index is 0.0272. The summed E-state index contributed by atoms with van der Waals surface area (Å²) in [6.07, 6.45) is -4.49. The van der Waals surface area contributed by atoms with E-state index in [9.17, 15) is 22.8 Å². The summed E-state index contributed by atoms with van der Waals surface area (Å²) in [7, 11) is 0. The van der Waals surface area contributed by atoms with Gasteiger partial charge in [0.25, 0.3) is 0 Å². The predicted octanol–water partition coefficient (Wildman–Crippen LogP) is 0.251. The van der Waals surface area contributed by atoms with Gasteiger partial charge in [-0.3, -0.25) is 4.79 Å². The van der Waals surface area contributed by atoms with Crippen LogP contribution in [0.3, 0.4) is 0 Å². The van der Waals surface area contributed by atoms with Crippen molar-refractivity contribution in [3.05, 3.63) is 0 Å². The van der Waals surface area contributed by atoms with E-state index in [-0.39, 0.29) is 13.2 Å². The van der Waals surface area contributed by atoms with Gasteiger partial charge in [-0.15, -0.1) is 0 Å². The number of halogens is 3. The lowest BCUT2D eigenvalue weighted by atomic mass is 10.0. The summed E-state index contributed by atoms with van der Waals surface area (Å²) in [5.74, 6) is -3.10. The number of nitrogens with zero attached hydrogens (tertiary/aromatic N) is 1. The molecule has 0 aromatic carbocycles. The minimum atomic E-state index is -4.88. The summed E-state index contributed by atoms with van der Waals surface area (Å²) in [5.41, 5.74) is 0. The summed E-state index contributed by atoms with van der Waals surface area (Å²) in [4.78, 5) is 21.5. The van der Waals surface area contributed by atoms with Gasteiger partial charge in [-0.2, -0.15) is 13.2 Å². The molecule has 1 atom stereocenters. The first kappa shape index (κ1) is 12.8. The van der Waals surface area contributed by atoms with Crippen molar-refractivity contribution < 1.29 is 32.6 Å². The molecule has 1 aliphatic heterocycles. The third-order valence-electron chi connectivity index (χ3n) is 2.18. The third-order valence-corrected chi connectivity index (χ3v) is 2.18. The summed E-state index contributed by atoms with van der Waals surface area (Å²) in [6.45, 7) is -0.738. The molecule has 16 heavy (non-hydrogen) atoms. The van der Waals surface area contributed by atoms with E-state index in [0.29, 0.717) is 11.3 Å². The molecule has 0 aliphatic carbocycles. The van der Waals surface area contributed by atoms with Crippen molar-refractivity contribution in [1.82, 2.24) is 4.90 Å². The standard InChI is InChI=1S/C8H10F3NO4/c9-8(10,11)7(15)12-2-1-5(12)3-16-4-6(13)14/h5H,1-4H2,(H,13,14). The smallest absolute Gasteiger partial charge is 0.471 e. The van der Waals surface area contributed by atoms with Crippen LogP contribution in [0.4, 0.5) is 13.2 Å². The van der Waals surface area contributed by atoms with Crippen molar-refractivity contribution in [2.24, 2.45) is 0 Å². The number of carbonyl (C=O) groups is 2. The van der Waals surface area contributed by atoms with Crippen LogP contribution < -0.4 is 0 Å². The Balaban J connectivity index is 2.36. The highest BCUT2D eigenvalue weighted by Crippen LogP contribution is 2.26. The maximum atomic E-state index is 12.0. The molecule has 1 rings (SSSR count). The molecule has 8 heteroatoms. The number of rotatable bonds is 4. The van der Waals surface area contributed by atoms with Crippen molar-refractivity contribution in [2.45, 2.75) is 18.6 Å². The number of aliphatic carboxylic acids is 1. The highest BCUT2D eigenvalue weighted by atomic mass is 19.4. The molecule has 1 saturated heterocycles. The Kier molecular flexibility index (Phi) is 3.74. The quantitative estimate of drug-likeness (QED) is 0.766. The molecule has 1 aliphatic rings. The van der Waals surface area contributed by atoms with Gasteiger partial charge >= 0.3 is 18.1 Å². The van der Waals surface area contributed by atoms with E-state index in [1.54, 1.807) is 0 Å². The van der Waals surface area contributed by atoms with E-state index in [4.69, 9.17) is 5.11 Å². The van der Waals surface area contributed by atoms with Crippen LogP contribution in [0.15, 0.2) is 0 Å². The normalized spacial score (nSPS) is 20.4. The molecule has 0 aromatic heterocycles. The summed E-state index contributed by atoms with van der Waals surface area (Å²) in [5, 5.41) is 8.24. The van der Waals surface area contributed by atoms with Crippen LogP contribution in [0.25, 0.3) is 0 Å². The molecule has 0 aromatic rings. The van der Waals surface area contributed by atoms with Crippen LogP contribution in [0.2, 0.25) is 0 Å². The first-order valence-electron chi connectivity index (χ1n) is 4.49. The Hall–Kier alpha value is -1.31. The minimum Gasteiger partial charge on any atom is -0.480 e. The first-order chi connectivity index (χ1) is 7.32. The lowest BCUT2D eigenvalue weighted by Gasteiger charge is -2.40. The molecular weight excluding hydrogens is 231 g/mol. The van der Waals surface area contributed by atoms with Crippen LogP contribution in [-0.4, -0.2) is 53.9 Å². The molecule has 1 N–H and O–H groups in total. The molecular formula is C8H10F3NO4. The number of hydrogen-bond acceptors (Lipinski definition) is 3. The molecule has 1 fully saturated rings. The van der Waals surface area contributed by atoms with Crippen molar-refractivity contribution >= 4 is 11.9 Å². The summed E-state index contributed by atoms with van der Waals surface area (Å²) < 4.78 is 40.7. The highest BCUT2D eigenvalue weighted by molar-refractivity contribution is 5.82. The Bertz CT molecular complexity index is 291. The third kappa shape index (κ3) is 3.09. The zero-order valence-corrected chi connectivity index (χ0v) is 8.16. The number of carboxylic acid groups (broad SMARTS) is 1. The van der Waals surface area contributed by atoms with Gasteiger partial charge in [0, 0.05) is 6.54 Å². The number of hydrogen-bond donors (Lipinski definition) is 1. The highest BCUT2D eigenvalue weighted by Gasteiger charge is 2.47. The Morgan fingerprint density at radius 1 is 1.44 bits per heavy atom. The fraction of sp³-hybridized carbons (Fsp3) is 0.750. The number of carbonyl (C=O) groups excluding carboxylic acids is 1. The van der Waals surface area contributed by atoms with Crippen molar-refractivity contribution in [2.75, 3.05) is 19.8 Å². The van der Waals surface area contributed by atoms with Gasteiger partial charge in [0.15, 0.2) is 0 Å². The molecule has 92 valence electrons. The van der Waals surface area contributed by atoms with Gasteiger partial charge in [-0.05, 0) is 6.42 Å². The van der Waals surface area contributed by atoms with Crippen LogP contribution >= 0.6 is 0 Å². The van der Waals surface area contributed by atoms with Gasteiger partial charge in [0.05, 0.1) is 12.6 Å². The van der Waals surface area contributed by atoms with Gasteiger partial charge in [0.1, 0.15) is 6.61 Å². The number of alkyl halides is 3. The maximum absolute atomic E-state index is 12.0. The second-order valence-electron chi connectivity index (χ2n) is 3.35. The van der Waals surface area contributed by atoms with Gasteiger partial charge in [-0.1, -0.05) is 0 Å². The molecule has 1 unspecified atom stereocenters. The van der Waals surface area contributed by atoms with Gasteiger partial charge in [-0.25, -0.2) is 4.79 Å². The zero-order valence-electron chi connectivity index (χ0n) is 8.16. The van der Waals surface area contributed by atoms with E-state index in [0.717, 1.165) is 0 Å². The number of likely N-dealkylation sites (tertiary alicyclic amines) is 1. The molecule has 0 saturated carbocycles. The van der Waals surface area contributed by atoms with Crippen LogP contribution in [0.5, 0.6) is 0 Å². The Labute approximate surface area is 88.8 Å². The number of amides is 1. The molecule has 1 heterocycles. The molecule has 1 amide bonds. The predicted molar refractivity (Wildman–Crippen MR) is 44.6 cm³/mol. The summed E-state index contributed by atoms with van der Waals surface area (Å²) in [6, 6.07) is -0.673. The Morgan fingerprint density at radius 2 is 2.06 bits per heavy atom. The second kappa shape index (κ2) is 4.69. The molecule has 0 radical (unpaired) electrons. The van der Waals surface area contributed by atoms with Gasteiger partial charge in [0.2, 0.25) is 0 Å². The molecule has 5 nitrogen and oxygen atoms in total. The van der Waals surface area contributed by atoms with Gasteiger partial charge < -0.3 is 14.7 Å².